The van der Waals surface area contributed by atoms with Crippen molar-refractivity contribution in [1.82, 2.24) is 0 Å². The third-order valence-electron chi connectivity index (χ3n) is 3.96. The van der Waals surface area contributed by atoms with Crippen LogP contribution in [0.4, 0.5) is 4.39 Å². The molecule has 0 amide bonds. The highest BCUT2D eigenvalue weighted by Gasteiger charge is 2.26. The van der Waals surface area contributed by atoms with Gasteiger partial charge in [-0.2, -0.15) is 0 Å². The second-order valence-electron chi connectivity index (χ2n) is 5.56. The number of carbonyl (C=O) groups is 1. The number of ketones is 1. The van der Waals surface area contributed by atoms with Crippen molar-refractivity contribution in [3.63, 3.8) is 0 Å². The van der Waals surface area contributed by atoms with Crippen molar-refractivity contribution in [2.24, 2.45) is 0 Å². The molecule has 4 rings (SSSR count). The van der Waals surface area contributed by atoms with Gasteiger partial charge in [0.2, 0.25) is 5.78 Å². The highest BCUT2D eigenvalue weighted by atomic mass is 19.1. The largest absolute Gasteiger partial charge is 0.452 e. The number of ether oxygens (including phenoxy) is 1. The summed E-state index contributed by atoms with van der Waals surface area (Å²) in [6.45, 7) is 0. The molecule has 1 aliphatic rings. The fourth-order valence-corrected chi connectivity index (χ4v) is 2.70. The van der Waals surface area contributed by atoms with E-state index >= 15 is 0 Å². The van der Waals surface area contributed by atoms with Gasteiger partial charge in [0.1, 0.15) is 11.6 Å². The third kappa shape index (κ3) is 2.61. The van der Waals surface area contributed by atoms with Crippen molar-refractivity contribution >= 4 is 11.9 Å². The fourth-order valence-electron chi connectivity index (χ4n) is 2.70. The maximum Gasteiger partial charge on any atom is 0.231 e. The quantitative estimate of drug-likeness (QED) is 0.614. The van der Waals surface area contributed by atoms with Gasteiger partial charge >= 0.3 is 0 Å². The molecule has 0 aliphatic carbocycles. The van der Waals surface area contributed by atoms with E-state index in [0.717, 1.165) is 16.7 Å². The van der Waals surface area contributed by atoms with Crippen molar-refractivity contribution in [2.75, 3.05) is 0 Å². The van der Waals surface area contributed by atoms with Gasteiger partial charge in [-0.1, -0.05) is 48.5 Å². The minimum atomic E-state index is -0.253. The molecule has 0 aromatic heterocycles. The molecule has 0 atom stereocenters. The molecule has 2 nitrogen and oxygen atoms in total. The Morgan fingerprint density at radius 2 is 1.42 bits per heavy atom. The first-order chi connectivity index (χ1) is 11.7. The molecule has 0 N–H and O–H groups in total. The minimum Gasteiger partial charge on any atom is -0.452 e. The van der Waals surface area contributed by atoms with Crippen LogP contribution in [0, 0.1) is 5.82 Å². The molecule has 1 aliphatic heterocycles. The Bertz CT molecular complexity index is 938. The number of fused-ring (bicyclic) bond motifs is 1. The number of allylic oxidation sites excluding steroid dienone is 1. The van der Waals surface area contributed by atoms with Crippen LogP contribution in [0.5, 0.6) is 5.75 Å². The van der Waals surface area contributed by atoms with Crippen LogP contribution in [0.1, 0.15) is 15.9 Å². The van der Waals surface area contributed by atoms with Gasteiger partial charge in [0.05, 0.1) is 5.56 Å². The standard InChI is InChI=1S/C21H13FO2/c22-17-11-9-16(10-12-17)15-7-5-14(6-8-15)13-20-21(23)18-3-1-2-4-19(18)24-20/h1-13H/b20-13-. The molecular weight excluding hydrogens is 303 g/mol. The normalized spacial score (nSPS) is 14.5. The summed E-state index contributed by atoms with van der Waals surface area (Å²) in [6.07, 6.45) is 1.73. The van der Waals surface area contributed by atoms with Crippen LogP contribution in [0.2, 0.25) is 0 Å². The summed E-state index contributed by atoms with van der Waals surface area (Å²) in [6, 6.07) is 21.2. The predicted molar refractivity (Wildman–Crippen MR) is 91.2 cm³/mol. The van der Waals surface area contributed by atoms with Crippen LogP contribution in [0.15, 0.2) is 78.6 Å². The Labute approximate surface area is 138 Å². The van der Waals surface area contributed by atoms with E-state index in [2.05, 4.69) is 0 Å². The first-order valence-corrected chi connectivity index (χ1v) is 7.60. The number of carbonyl (C=O) groups excluding carboxylic acids is 1. The highest BCUT2D eigenvalue weighted by molar-refractivity contribution is 6.14. The van der Waals surface area contributed by atoms with Gasteiger partial charge in [-0.05, 0) is 47.0 Å². The average molecular weight is 316 g/mol. The summed E-state index contributed by atoms with van der Waals surface area (Å²) in [5, 5.41) is 0. The van der Waals surface area contributed by atoms with E-state index in [0.29, 0.717) is 17.1 Å². The highest BCUT2D eigenvalue weighted by Crippen LogP contribution is 2.31. The van der Waals surface area contributed by atoms with E-state index in [9.17, 15) is 9.18 Å². The Morgan fingerprint density at radius 3 is 2.08 bits per heavy atom. The van der Waals surface area contributed by atoms with Crippen LogP contribution in [0.3, 0.4) is 0 Å². The van der Waals surface area contributed by atoms with Gasteiger partial charge < -0.3 is 4.74 Å². The average Bonchev–Trinajstić information content (AvgIpc) is 2.93. The Balaban J connectivity index is 1.60. The van der Waals surface area contributed by atoms with Gasteiger partial charge in [-0.15, -0.1) is 0 Å². The molecule has 3 heteroatoms. The van der Waals surface area contributed by atoms with E-state index < -0.39 is 0 Å². The van der Waals surface area contributed by atoms with E-state index in [1.165, 1.54) is 12.1 Å². The zero-order valence-corrected chi connectivity index (χ0v) is 12.7. The van der Waals surface area contributed by atoms with Crippen LogP contribution >= 0.6 is 0 Å². The van der Waals surface area contributed by atoms with E-state index in [1.807, 2.05) is 36.4 Å². The molecule has 0 unspecified atom stereocenters. The molecule has 3 aromatic rings. The Morgan fingerprint density at radius 1 is 0.792 bits per heavy atom. The van der Waals surface area contributed by atoms with E-state index in [1.54, 1.807) is 30.3 Å². The van der Waals surface area contributed by atoms with Crippen LogP contribution in [-0.4, -0.2) is 5.78 Å². The molecular formula is C21H13FO2. The van der Waals surface area contributed by atoms with Crippen molar-refractivity contribution in [2.45, 2.75) is 0 Å². The molecule has 0 saturated heterocycles. The number of Topliss-reactive ketones (excluding diaryl/α,β-unsaturated/α-hetero) is 1. The number of hydrogen-bond donors (Lipinski definition) is 0. The maximum absolute atomic E-state index is 13.0. The van der Waals surface area contributed by atoms with Crippen molar-refractivity contribution in [3.8, 4) is 16.9 Å². The lowest BCUT2D eigenvalue weighted by Gasteiger charge is -2.03. The number of halogens is 1. The Hall–Kier alpha value is -3.20. The molecule has 24 heavy (non-hydrogen) atoms. The van der Waals surface area contributed by atoms with Gasteiger partial charge in [-0.25, -0.2) is 4.39 Å². The van der Waals surface area contributed by atoms with Gasteiger partial charge in [0.15, 0.2) is 5.76 Å². The SMILES string of the molecule is O=C1/C(=C/c2ccc(-c3ccc(F)cc3)cc2)Oc2ccccc21. The first kappa shape index (κ1) is 14.4. The summed E-state index contributed by atoms with van der Waals surface area (Å²) in [5.41, 5.74) is 3.39. The Kier molecular flexibility index (Phi) is 3.47. The first-order valence-electron chi connectivity index (χ1n) is 7.60. The summed E-state index contributed by atoms with van der Waals surface area (Å²) >= 11 is 0. The van der Waals surface area contributed by atoms with Crippen molar-refractivity contribution in [3.05, 3.63) is 95.5 Å². The summed E-state index contributed by atoms with van der Waals surface area (Å²) < 4.78 is 18.6. The molecule has 3 aromatic carbocycles. The van der Waals surface area contributed by atoms with Gasteiger partial charge in [0.25, 0.3) is 0 Å². The molecule has 1 heterocycles. The lowest BCUT2D eigenvalue weighted by Crippen LogP contribution is -1.97. The summed E-state index contributed by atoms with van der Waals surface area (Å²) in [4.78, 5) is 12.3. The molecule has 0 fully saturated rings. The van der Waals surface area contributed by atoms with Crippen LogP contribution in [-0.2, 0) is 0 Å². The van der Waals surface area contributed by atoms with Crippen molar-refractivity contribution < 1.29 is 13.9 Å². The summed E-state index contributed by atoms with van der Waals surface area (Å²) in [5.74, 6) is 0.562. The van der Waals surface area contributed by atoms with Crippen LogP contribution in [0.25, 0.3) is 17.2 Å². The molecule has 0 radical (unpaired) electrons. The fraction of sp³-hybridized carbons (Fsp3) is 0. The van der Waals surface area contributed by atoms with Crippen LogP contribution < -0.4 is 4.74 Å². The van der Waals surface area contributed by atoms with Gasteiger partial charge in [0, 0.05) is 0 Å². The number of rotatable bonds is 2. The number of hydrogen-bond acceptors (Lipinski definition) is 2. The summed E-state index contributed by atoms with van der Waals surface area (Å²) in [7, 11) is 0. The zero-order valence-electron chi connectivity index (χ0n) is 12.7. The van der Waals surface area contributed by atoms with Crippen molar-refractivity contribution in [1.29, 1.82) is 0 Å². The predicted octanol–water partition coefficient (Wildman–Crippen LogP) is 5.11. The zero-order chi connectivity index (χ0) is 16.5. The van der Waals surface area contributed by atoms with E-state index in [4.69, 9.17) is 4.74 Å². The lowest BCUT2D eigenvalue weighted by atomic mass is 10.0. The molecule has 116 valence electrons. The monoisotopic (exact) mass is 316 g/mol. The maximum atomic E-state index is 13.0. The number of benzene rings is 3. The number of para-hydroxylation sites is 1. The lowest BCUT2D eigenvalue weighted by molar-refractivity contribution is 0.101. The topological polar surface area (TPSA) is 26.3 Å². The van der Waals surface area contributed by atoms with E-state index in [-0.39, 0.29) is 11.6 Å². The second-order valence-corrected chi connectivity index (χ2v) is 5.56. The van der Waals surface area contributed by atoms with Gasteiger partial charge in [-0.3, -0.25) is 4.79 Å². The second kappa shape index (κ2) is 5.78. The molecule has 0 bridgehead atoms. The molecule has 0 spiro atoms. The smallest absolute Gasteiger partial charge is 0.231 e. The third-order valence-corrected chi connectivity index (χ3v) is 3.96. The molecule has 0 saturated carbocycles. The minimum absolute atomic E-state index is 0.104.